The number of aromatic nitrogens is 2. The van der Waals surface area contributed by atoms with Gasteiger partial charge in [0.1, 0.15) is 0 Å². The van der Waals surface area contributed by atoms with E-state index < -0.39 is 0 Å². The molecule has 0 radical (unpaired) electrons. The highest BCUT2D eigenvalue weighted by atomic mass is 15.3. The third-order valence-corrected chi connectivity index (χ3v) is 5.71. The van der Waals surface area contributed by atoms with E-state index in [1.54, 1.807) is 0 Å². The molecule has 3 heteroatoms. The van der Waals surface area contributed by atoms with E-state index in [2.05, 4.69) is 55.9 Å². The van der Waals surface area contributed by atoms with Crippen molar-refractivity contribution in [1.29, 1.82) is 0 Å². The molecule has 1 aromatic heterocycles. The van der Waals surface area contributed by atoms with Crippen LogP contribution in [0.25, 0.3) is 0 Å². The fraction of sp³-hybridized carbons (Fsp3) is 0.833. The molecule has 2 aliphatic rings. The first kappa shape index (κ1) is 15.1. The molecule has 2 aliphatic carbocycles. The number of nitrogens with one attached hydrogen (secondary N) is 1. The van der Waals surface area contributed by atoms with Gasteiger partial charge in [0, 0.05) is 24.8 Å². The summed E-state index contributed by atoms with van der Waals surface area (Å²) >= 11 is 0. The van der Waals surface area contributed by atoms with E-state index >= 15 is 0 Å². The molecule has 2 bridgehead atoms. The minimum atomic E-state index is 0.206. The molecule has 0 saturated heterocycles. The van der Waals surface area contributed by atoms with Gasteiger partial charge in [0.15, 0.2) is 0 Å². The number of rotatable bonds is 4. The van der Waals surface area contributed by atoms with Crippen molar-refractivity contribution in [2.24, 2.45) is 24.3 Å². The summed E-state index contributed by atoms with van der Waals surface area (Å²) < 4.78 is 2.10. The Labute approximate surface area is 129 Å². The molecule has 0 aliphatic heterocycles. The summed E-state index contributed by atoms with van der Waals surface area (Å²) in [6.07, 6.45) is 6.96. The quantitative estimate of drug-likeness (QED) is 0.920. The molecule has 3 rings (SSSR count). The van der Waals surface area contributed by atoms with E-state index in [9.17, 15) is 0 Å². The van der Waals surface area contributed by atoms with Crippen LogP contribution in [0.3, 0.4) is 0 Å². The van der Waals surface area contributed by atoms with Gasteiger partial charge in [0.25, 0.3) is 0 Å². The van der Waals surface area contributed by atoms with Crippen molar-refractivity contribution in [1.82, 2.24) is 15.1 Å². The van der Waals surface area contributed by atoms with Crippen molar-refractivity contribution in [3.05, 3.63) is 17.5 Å². The van der Waals surface area contributed by atoms with Crippen molar-refractivity contribution >= 4 is 0 Å². The van der Waals surface area contributed by atoms with Crippen LogP contribution in [-0.2, 0) is 13.5 Å². The summed E-state index contributed by atoms with van der Waals surface area (Å²) in [6, 6.07) is 2.28. The highest BCUT2D eigenvalue weighted by molar-refractivity contribution is 5.14. The highest BCUT2D eigenvalue weighted by Crippen LogP contribution is 2.57. The Bertz CT molecular complexity index is 511. The Morgan fingerprint density at radius 1 is 1.38 bits per heavy atom. The third kappa shape index (κ3) is 3.03. The molecular weight excluding hydrogens is 258 g/mol. The lowest BCUT2D eigenvalue weighted by Crippen LogP contribution is -2.47. The minimum Gasteiger partial charge on any atom is -0.311 e. The fourth-order valence-corrected chi connectivity index (χ4v) is 4.69. The van der Waals surface area contributed by atoms with Crippen molar-refractivity contribution < 1.29 is 0 Å². The van der Waals surface area contributed by atoms with Gasteiger partial charge >= 0.3 is 0 Å². The monoisotopic (exact) mass is 289 g/mol. The van der Waals surface area contributed by atoms with E-state index in [0.29, 0.717) is 5.41 Å². The molecule has 2 saturated carbocycles. The maximum absolute atomic E-state index is 4.55. The normalized spacial score (nSPS) is 32.0. The largest absolute Gasteiger partial charge is 0.311 e. The van der Waals surface area contributed by atoms with Crippen LogP contribution >= 0.6 is 0 Å². The van der Waals surface area contributed by atoms with Gasteiger partial charge in [-0.3, -0.25) is 4.68 Å². The molecule has 0 amide bonds. The molecule has 3 atom stereocenters. The van der Waals surface area contributed by atoms with Gasteiger partial charge in [-0.15, -0.1) is 0 Å². The minimum absolute atomic E-state index is 0.206. The van der Waals surface area contributed by atoms with Gasteiger partial charge in [-0.2, -0.15) is 5.10 Å². The zero-order valence-electron chi connectivity index (χ0n) is 14.4. The summed E-state index contributed by atoms with van der Waals surface area (Å²) in [7, 11) is 2.10. The van der Waals surface area contributed by atoms with Gasteiger partial charge in [-0.1, -0.05) is 6.42 Å². The van der Waals surface area contributed by atoms with E-state index in [1.807, 2.05) is 0 Å². The van der Waals surface area contributed by atoms with Crippen molar-refractivity contribution in [3.8, 4) is 0 Å². The van der Waals surface area contributed by atoms with Crippen molar-refractivity contribution in [2.75, 3.05) is 6.54 Å². The van der Waals surface area contributed by atoms with Gasteiger partial charge in [-0.25, -0.2) is 0 Å². The van der Waals surface area contributed by atoms with E-state index in [0.717, 1.165) is 24.1 Å². The highest BCUT2D eigenvalue weighted by Gasteiger charge is 2.51. The third-order valence-electron chi connectivity index (χ3n) is 5.71. The molecule has 1 aromatic rings. The van der Waals surface area contributed by atoms with Gasteiger partial charge in [0.05, 0.1) is 5.69 Å². The molecule has 1 N–H and O–H groups in total. The molecule has 21 heavy (non-hydrogen) atoms. The van der Waals surface area contributed by atoms with Gasteiger partial charge in [-0.05, 0) is 76.7 Å². The maximum atomic E-state index is 4.55. The predicted octanol–water partition coefficient (Wildman–Crippen LogP) is 3.47. The number of aryl methyl sites for hydroxylation is 2. The second-order valence-corrected chi connectivity index (χ2v) is 8.62. The van der Waals surface area contributed by atoms with Crippen LogP contribution in [0.15, 0.2) is 6.07 Å². The van der Waals surface area contributed by atoms with Crippen molar-refractivity contribution in [3.63, 3.8) is 0 Å². The van der Waals surface area contributed by atoms with Crippen LogP contribution < -0.4 is 5.32 Å². The lowest BCUT2D eigenvalue weighted by atomic mass is 9.69. The van der Waals surface area contributed by atoms with Crippen LogP contribution in [-0.4, -0.2) is 21.9 Å². The zero-order chi connectivity index (χ0) is 15.3. The van der Waals surface area contributed by atoms with E-state index in [4.69, 9.17) is 0 Å². The summed E-state index contributed by atoms with van der Waals surface area (Å²) in [5.74, 6) is 1.89. The molecule has 3 unspecified atom stereocenters. The maximum Gasteiger partial charge on any atom is 0.0596 e. The number of nitrogens with zero attached hydrogens (tertiary/aromatic N) is 2. The van der Waals surface area contributed by atoms with Crippen LogP contribution in [0.1, 0.15) is 57.8 Å². The zero-order valence-corrected chi connectivity index (χ0v) is 14.4. The fourth-order valence-electron chi connectivity index (χ4n) is 4.69. The SMILES string of the molecule is Cc1cc(CC2(CNC(C)(C)C)CC3CCC2C3)n(C)n1. The second-order valence-electron chi connectivity index (χ2n) is 8.62. The average molecular weight is 289 g/mol. The van der Waals surface area contributed by atoms with Crippen LogP contribution in [0.2, 0.25) is 0 Å². The Morgan fingerprint density at radius 2 is 2.14 bits per heavy atom. The predicted molar refractivity (Wildman–Crippen MR) is 87.3 cm³/mol. The summed E-state index contributed by atoms with van der Waals surface area (Å²) in [5.41, 5.74) is 3.22. The lowest BCUT2D eigenvalue weighted by molar-refractivity contribution is 0.140. The summed E-state index contributed by atoms with van der Waals surface area (Å²) in [6.45, 7) is 10.1. The average Bonchev–Trinajstić information content (AvgIpc) is 3.02. The van der Waals surface area contributed by atoms with E-state index in [1.165, 1.54) is 37.8 Å². The lowest BCUT2D eigenvalue weighted by Gasteiger charge is -2.40. The number of fused-ring (bicyclic) bond motifs is 2. The second kappa shape index (κ2) is 5.12. The Morgan fingerprint density at radius 3 is 2.62 bits per heavy atom. The number of hydrogen-bond donors (Lipinski definition) is 1. The molecule has 118 valence electrons. The Kier molecular flexibility index (Phi) is 3.67. The molecule has 3 nitrogen and oxygen atoms in total. The van der Waals surface area contributed by atoms with Crippen LogP contribution in [0.5, 0.6) is 0 Å². The standard InChI is InChI=1S/C18H31N3/c1-13-8-16(21(5)20-13)11-18(12-19-17(2,3)4)10-14-6-7-15(18)9-14/h8,14-15,19H,6-7,9-12H2,1-5H3. The Balaban J connectivity index is 1.81. The molecule has 1 heterocycles. The number of hydrogen-bond acceptors (Lipinski definition) is 2. The summed E-state index contributed by atoms with van der Waals surface area (Å²) in [5, 5.41) is 8.36. The molecule has 0 aromatic carbocycles. The molecule has 2 fully saturated rings. The first-order chi connectivity index (χ1) is 9.77. The van der Waals surface area contributed by atoms with Crippen molar-refractivity contribution in [2.45, 2.75) is 65.3 Å². The molecule has 0 spiro atoms. The van der Waals surface area contributed by atoms with Crippen LogP contribution in [0.4, 0.5) is 0 Å². The van der Waals surface area contributed by atoms with E-state index in [-0.39, 0.29) is 5.54 Å². The first-order valence-electron chi connectivity index (χ1n) is 8.52. The molecular formula is C18H31N3. The van der Waals surface area contributed by atoms with Gasteiger partial charge in [0.2, 0.25) is 0 Å². The Hall–Kier alpha value is -0.830. The topological polar surface area (TPSA) is 29.9 Å². The smallest absolute Gasteiger partial charge is 0.0596 e. The van der Waals surface area contributed by atoms with Crippen LogP contribution in [0, 0.1) is 24.2 Å². The first-order valence-corrected chi connectivity index (χ1v) is 8.52. The summed E-state index contributed by atoms with van der Waals surface area (Å²) in [4.78, 5) is 0. The van der Waals surface area contributed by atoms with Gasteiger partial charge < -0.3 is 5.32 Å².